The molecule has 0 aliphatic carbocycles. The molecule has 2 unspecified atom stereocenters. The average Bonchev–Trinajstić information content (AvgIpc) is 2.27. The van der Waals surface area contributed by atoms with Crippen molar-refractivity contribution in [1.29, 1.82) is 0 Å². The van der Waals surface area contributed by atoms with Crippen molar-refractivity contribution in [3.05, 3.63) is 29.6 Å². The molecular formula is C12H18FNO2S. The van der Waals surface area contributed by atoms with E-state index in [2.05, 4.69) is 5.32 Å². The van der Waals surface area contributed by atoms with E-state index >= 15 is 0 Å². The van der Waals surface area contributed by atoms with E-state index in [-0.39, 0.29) is 11.9 Å². The van der Waals surface area contributed by atoms with Crippen LogP contribution in [0, 0.1) is 5.82 Å². The molecule has 0 spiro atoms. The van der Waals surface area contributed by atoms with Crippen molar-refractivity contribution in [3.8, 4) is 5.75 Å². The molecule has 0 saturated carbocycles. The lowest BCUT2D eigenvalue weighted by molar-refractivity contribution is 0.395. The first-order valence-electron chi connectivity index (χ1n) is 5.42. The molecule has 0 radical (unpaired) electrons. The van der Waals surface area contributed by atoms with Gasteiger partial charge in [-0.15, -0.1) is 0 Å². The quantitative estimate of drug-likeness (QED) is 0.847. The monoisotopic (exact) mass is 259 g/mol. The number of halogens is 1. The summed E-state index contributed by atoms with van der Waals surface area (Å²) < 4.78 is 29.8. The molecule has 1 aromatic carbocycles. The maximum atomic E-state index is 13.7. The van der Waals surface area contributed by atoms with E-state index in [1.807, 2.05) is 6.92 Å². The van der Waals surface area contributed by atoms with Gasteiger partial charge < -0.3 is 10.1 Å². The Morgan fingerprint density at radius 2 is 2.24 bits per heavy atom. The van der Waals surface area contributed by atoms with Gasteiger partial charge in [0.1, 0.15) is 11.6 Å². The number of hydrogen-bond donors (Lipinski definition) is 1. The second-order valence-electron chi connectivity index (χ2n) is 3.81. The normalized spacial score (nSPS) is 14.4. The Hall–Kier alpha value is -0.940. The highest BCUT2D eigenvalue weighted by Gasteiger charge is 2.15. The van der Waals surface area contributed by atoms with Gasteiger partial charge in [-0.2, -0.15) is 0 Å². The van der Waals surface area contributed by atoms with E-state index in [4.69, 9.17) is 4.74 Å². The zero-order valence-corrected chi connectivity index (χ0v) is 11.1. The van der Waals surface area contributed by atoms with Crippen LogP contribution in [-0.4, -0.2) is 29.9 Å². The molecule has 0 aliphatic rings. The molecule has 3 nitrogen and oxygen atoms in total. The third-order valence-electron chi connectivity index (χ3n) is 2.51. The van der Waals surface area contributed by atoms with Crippen LogP contribution < -0.4 is 10.1 Å². The standard InChI is InChI=1S/C12H18FNO2S/c1-9(14-7-8-17(3)15)12-10(13)5-4-6-11(12)16-2/h4-6,9,14H,7-8H2,1-3H3. The van der Waals surface area contributed by atoms with Gasteiger partial charge in [0, 0.05) is 41.0 Å². The number of ether oxygens (including phenoxy) is 1. The molecule has 1 rings (SSSR count). The molecule has 17 heavy (non-hydrogen) atoms. The molecule has 0 heterocycles. The third-order valence-corrected chi connectivity index (χ3v) is 3.28. The molecule has 0 aliphatic heterocycles. The number of benzene rings is 1. The molecule has 96 valence electrons. The fraction of sp³-hybridized carbons (Fsp3) is 0.500. The van der Waals surface area contributed by atoms with Gasteiger partial charge in [-0.3, -0.25) is 4.21 Å². The first-order valence-corrected chi connectivity index (χ1v) is 7.14. The molecule has 1 N–H and O–H groups in total. The molecule has 0 saturated heterocycles. The first-order chi connectivity index (χ1) is 8.06. The fourth-order valence-electron chi connectivity index (χ4n) is 1.64. The summed E-state index contributed by atoms with van der Waals surface area (Å²) in [7, 11) is 0.682. The van der Waals surface area contributed by atoms with Crippen molar-refractivity contribution in [2.45, 2.75) is 13.0 Å². The Labute approximate surface area is 104 Å². The van der Waals surface area contributed by atoms with Crippen LogP contribution in [0.5, 0.6) is 5.75 Å². The lowest BCUT2D eigenvalue weighted by atomic mass is 10.1. The Bertz CT molecular complexity index is 398. The van der Waals surface area contributed by atoms with Crippen molar-refractivity contribution in [1.82, 2.24) is 5.32 Å². The van der Waals surface area contributed by atoms with E-state index in [1.54, 1.807) is 18.4 Å². The van der Waals surface area contributed by atoms with E-state index < -0.39 is 10.8 Å². The van der Waals surface area contributed by atoms with Crippen LogP contribution in [0.3, 0.4) is 0 Å². The second-order valence-corrected chi connectivity index (χ2v) is 5.36. The van der Waals surface area contributed by atoms with Crippen LogP contribution in [0.15, 0.2) is 18.2 Å². The summed E-state index contributed by atoms with van der Waals surface area (Å²) in [6.07, 6.45) is 1.65. The van der Waals surface area contributed by atoms with Crippen LogP contribution in [0.1, 0.15) is 18.5 Å². The van der Waals surface area contributed by atoms with Crippen LogP contribution in [0.2, 0.25) is 0 Å². The molecule has 2 atom stereocenters. The SMILES string of the molecule is COc1cccc(F)c1C(C)NCCS(C)=O. The minimum Gasteiger partial charge on any atom is -0.496 e. The summed E-state index contributed by atoms with van der Waals surface area (Å²) >= 11 is 0. The van der Waals surface area contributed by atoms with Gasteiger partial charge in [-0.05, 0) is 19.1 Å². The predicted molar refractivity (Wildman–Crippen MR) is 68.3 cm³/mol. The van der Waals surface area contributed by atoms with Crippen molar-refractivity contribution >= 4 is 10.8 Å². The van der Waals surface area contributed by atoms with Gasteiger partial charge in [0.2, 0.25) is 0 Å². The number of rotatable bonds is 6. The lowest BCUT2D eigenvalue weighted by Crippen LogP contribution is -2.24. The molecule has 0 amide bonds. The highest BCUT2D eigenvalue weighted by Crippen LogP contribution is 2.27. The minimum absolute atomic E-state index is 0.172. The summed E-state index contributed by atoms with van der Waals surface area (Å²) in [4.78, 5) is 0. The lowest BCUT2D eigenvalue weighted by Gasteiger charge is -2.17. The highest BCUT2D eigenvalue weighted by molar-refractivity contribution is 7.84. The van der Waals surface area contributed by atoms with Gasteiger partial charge in [-0.1, -0.05) is 6.07 Å². The topological polar surface area (TPSA) is 38.3 Å². The van der Waals surface area contributed by atoms with Crippen molar-refractivity contribution in [3.63, 3.8) is 0 Å². The summed E-state index contributed by atoms with van der Waals surface area (Å²) in [6.45, 7) is 2.45. The zero-order chi connectivity index (χ0) is 12.8. The minimum atomic E-state index is -0.838. The maximum absolute atomic E-state index is 13.7. The van der Waals surface area contributed by atoms with Crippen molar-refractivity contribution in [2.24, 2.45) is 0 Å². The van der Waals surface area contributed by atoms with Gasteiger partial charge in [-0.25, -0.2) is 4.39 Å². The molecule has 0 aromatic heterocycles. The van der Waals surface area contributed by atoms with Crippen LogP contribution in [0.4, 0.5) is 4.39 Å². The molecule has 5 heteroatoms. The molecule has 0 fully saturated rings. The summed E-state index contributed by atoms with van der Waals surface area (Å²) in [5.41, 5.74) is 0.511. The third kappa shape index (κ3) is 4.09. The maximum Gasteiger partial charge on any atom is 0.131 e. The van der Waals surface area contributed by atoms with Crippen LogP contribution in [0.25, 0.3) is 0 Å². The second kappa shape index (κ2) is 6.71. The Morgan fingerprint density at radius 3 is 2.82 bits per heavy atom. The zero-order valence-electron chi connectivity index (χ0n) is 10.3. The average molecular weight is 259 g/mol. The predicted octanol–water partition coefficient (Wildman–Crippen LogP) is 1.86. The van der Waals surface area contributed by atoms with E-state index in [1.165, 1.54) is 13.2 Å². The number of methoxy groups -OCH3 is 1. The van der Waals surface area contributed by atoms with Gasteiger partial charge in [0.25, 0.3) is 0 Å². The van der Waals surface area contributed by atoms with E-state index in [9.17, 15) is 8.60 Å². The van der Waals surface area contributed by atoms with Gasteiger partial charge in [0.15, 0.2) is 0 Å². The largest absolute Gasteiger partial charge is 0.496 e. The molecule has 0 bridgehead atoms. The van der Waals surface area contributed by atoms with Gasteiger partial charge >= 0.3 is 0 Å². The number of hydrogen-bond acceptors (Lipinski definition) is 3. The van der Waals surface area contributed by atoms with E-state index in [0.29, 0.717) is 23.6 Å². The van der Waals surface area contributed by atoms with E-state index in [0.717, 1.165) is 0 Å². The first kappa shape index (κ1) is 14.1. The smallest absolute Gasteiger partial charge is 0.131 e. The van der Waals surface area contributed by atoms with Crippen LogP contribution >= 0.6 is 0 Å². The van der Waals surface area contributed by atoms with Crippen LogP contribution in [-0.2, 0) is 10.8 Å². The summed E-state index contributed by atoms with van der Waals surface area (Å²) in [5.74, 6) is 0.797. The molecular weight excluding hydrogens is 241 g/mol. The number of nitrogens with one attached hydrogen (secondary N) is 1. The fourth-order valence-corrected chi connectivity index (χ4v) is 2.04. The van der Waals surface area contributed by atoms with Crippen molar-refractivity contribution < 1.29 is 13.3 Å². The summed E-state index contributed by atoms with van der Waals surface area (Å²) in [5, 5.41) is 3.13. The highest BCUT2D eigenvalue weighted by atomic mass is 32.2. The van der Waals surface area contributed by atoms with Crippen molar-refractivity contribution in [2.75, 3.05) is 25.7 Å². The van der Waals surface area contributed by atoms with Gasteiger partial charge in [0.05, 0.1) is 7.11 Å². The Kier molecular flexibility index (Phi) is 5.58. The Morgan fingerprint density at radius 1 is 1.53 bits per heavy atom. The molecule has 1 aromatic rings. The Balaban J connectivity index is 2.73. The summed E-state index contributed by atoms with van der Waals surface area (Å²) in [6, 6.07) is 4.59.